The molecule has 1 heterocycles. The first-order valence-corrected chi connectivity index (χ1v) is 9.60. The minimum Gasteiger partial charge on any atom is -0.369 e. The monoisotopic (exact) mass is 366 g/mol. The number of piperidine rings is 1. The molecule has 2 amide bonds. The van der Waals surface area contributed by atoms with E-state index in [2.05, 4.69) is 0 Å². The first-order valence-electron chi connectivity index (χ1n) is 9.60. The minimum absolute atomic E-state index is 0.113. The SMILES string of the molecule is NC(=O)[C@H]1CCC[NH+](CC(=O)N(Cc2ccccc2)Cc2ccccc2)C1. The predicted octanol–water partition coefficient (Wildman–Crippen LogP) is 0.996. The lowest BCUT2D eigenvalue weighted by Crippen LogP contribution is -3.14. The zero-order valence-electron chi connectivity index (χ0n) is 15.6. The summed E-state index contributed by atoms with van der Waals surface area (Å²) >= 11 is 0. The summed E-state index contributed by atoms with van der Waals surface area (Å²) in [6, 6.07) is 20.1. The third kappa shape index (κ3) is 5.66. The van der Waals surface area contributed by atoms with E-state index in [1.165, 1.54) is 0 Å². The maximum atomic E-state index is 13.1. The van der Waals surface area contributed by atoms with Crippen molar-refractivity contribution in [1.29, 1.82) is 0 Å². The molecule has 2 aromatic carbocycles. The Hall–Kier alpha value is -2.66. The van der Waals surface area contributed by atoms with Crippen LogP contribution >= 0.6 is 0 Å². The number of nitrogens with zero attached hydrogens (tertiary/aromatic N) is 1. The van der Waals surface area contributed by atoms with Crippen LogP contribution in [-0.4, -0.2) is 36.3 Å². The van der Waals surface area contributed by atoms with E-state index in [-0.39, 0.29) is 17.7 Å². The molecule has 27 heavy (non-hydrogen) atoms. The van der Waals surface area contributed by atoms with Gasteiger partial charge in [-0.05, 0) is 24.0 Å². The van der Waals surface area contributed by atoms with Gasteiger partial charge in [0.15, 0.2) is 6.54 Å². The smallest absolute Gasteiger partial charge is 0.278 e. The fourth-order valence-corrected chi connectivity index (χ4v) is 3.72. The number of likely N-dealkylation sites (tertiary alicyclic amines) is 1. The third-order valence-corrected chi connectivity index (χ3v) is 5.21. The van der Waals surface area contributed by atoms with Gasteiger partial charge in [0.05, 0.1) is 19.0 Å². The molecule has 2 atom stereocenters. The lowest BCUT2D eigenvalue weighted by atomic mass is 9.97. The standard InChI is InChI=1S/C22H27N3O2/c23-22(27)20-12-7-13-24(16-20)17-21(26)25(14-18-8-3-1-4-9-18)15-19-10-5-2-6-11-19/h1-6,8-11,20H,7,12-17H2,(H2,23,27)/p+1/t20-/m0/s1. The Morgan fingerprint density at radius 3 is 2.04 bits per heavy atom. The normalized spacial score (nSPS) is 19.4. The number of hydrogen-bond donors (Lipinski definition) is 2. The highest BCUT2D eigenvalue weighted by Gasteiger charge is 2.29. The van der Waals surface area contributed by atoms with Crippen molar-refractivity contribution in [1.82, 2.24) is 4.90 Å². The molecular formula is C22H28N3O2+. The molecule has 1 aliphatic rings. The largest absolute Gasteiger partial charge is 0.369 e. The van der Waals surface area contributed by atoms with Crippen LogP contribution in [-0.2, 0) is 22.7 Å². The summed E-state index contributed by atoms with van der Waals surface area (Å²) in [4.78, 5) is 27.7. The van der Waals surface area contributed by atoms with Crippen molar-refractivity contribution in [3.05, 3.63) is 71.8 Å². The predicted molar refractivity (Wildman–Crippen MR) is 105 cm³/mol. The van der Waals surface area contributed by atoms with Gasteiger partial charge in [0.25, 0.3) is 5.91 Å². The average Bonchev–Trinajstić information content (AvgIpc) is 2.69. The molecule has 0 bridgehead atoms. The molecule has 3 N–H and O–H groups in total. The van der Waals surface area contributed by atoms with E-state index < -0.39 is 0 Å². The van der Waals surface area contributed by atoms with E-state index in [1.807, 2.05) is 65.6 Å². The molecule has 5 heteroatoms. The Bertz CT molecular complexity index is 707. The number of quaternary nitrogens is 1. The van der Waals surface area contributed by atoms with Gasteiger partial charge in [-0.2, -0.15) is 0 Å². The summed E-state index contributed by atoms with van der Waals surface area (Å²) in [6.07, 6.45) is 1.78. The fraction of sp³-hybridized carbons (Fsp3) is 0.364. The number of hydrogen-bond acceptors (Lipinski definition) is 2. The van der Waals surface area contributed by atoms with Gasteiger partial charge in [0, 0.05) is 13.1 Å². The Labute approximate surface area is 160 Å². The number of carbonyl (C=O) groups excluding carboxylic acids is 2. The fourth-order valence-electron chi connectivity index (χ4n) is 3.72. The van der Waals surface area contributed by atoms with Gasteiger partial charge in [-0.1, -0.05) is 60.7 Å². The quantitative estimate of drug-likeness (QED) is 0.768. The molecular weight excluding hydrogens is 338 g/mol. The minimum atomic E-state index is -0.245. The molecule has 5 nitrogen and oxygen atoms in total. The van der Waals surface area contributed by atoms with Crippen LogP contribution in [0.5, 0.6) is 0 Å². The number of rotatable bonds is 7. The van der Waals surface area contributed by atoms with Crippen molar-refractivity contribution in [3.63, 3.8) is 0 Å². The lowest BCUT2D eigenvalue weighted by Gasteiger charge is -2.30. The van der Waals surface area contributed by atoms with Gasteiger partial charge in [-0.25, -0.2) is 0 Å². The molecule has 0 spiro atoms. The van der Waals surface area contributed by atoms with E-state index in [1.54, 1.807) is 0 Å². The molecule has 1 aliphatic heterocycles. The molecule has 1 unspecified atom stereocenters. The van der Waals surface area contributed by atoms with Crippen LogP contribution in [0.3, 0.4) is 0 Å². The highest BCUT2D eigenvalue weighted by Crippen LogP contribution is 2.11. The van der Waals surface area contributed by atoms with Crippen molar-refractivity contribution in [2.45, 2.75) is 25.9 Å². The Kier molecular flexibility index (Phi) is 6.60. The van der Waals surface area contributed by atoms with Crippen LogP contribution in [0, 0.1) is 5.92 Å². The molecule has 0 radical (unpaired) electrons. The van der Waals surface area contributed by atoms with E-state index in [0.717, 1.165) is 35.4 Å². The number of amides is 2. The van der Waals surface area contributed by atoms with Gasteiger partial charge in [0.2, 0.25) is 5.91 Å². The number of nitrogens with one attached hydrogen (secondary N) is 1. The van der Waals surface area contributed by atoms with Gasteiger partial charge in [-0.3, -0.25) is 9.59 Å². The van der Waals surface area contributed by atoms with Crippen LogP contribution in [0.25, 0.3) is 0 Å². The number of nitrogens with two attached hydrogens (primary N) is 1. The first-order chi connectivity index (χ1) is 13.1. The van der Waals surface area contributed by atoms with Gasteiger partial charge >= 0.3 is 0 Å². The van der Waals surface area contributed by atoms with Crippen molar-refractivity contribution in [3.8, 4) is 0 Å². The topological polar surface area (TPSA) is 67.8 Å². The van der Waals surface area contributed by atoms with Crippen LogP contribution in [0.2, 0.25) is 0 Å². The zero-order chi connectivity index (χ0) is 19.1. The summed E-state index contributed by atoms with van der Waals surface area (Å²) in [5.74, 6) is -0.244. The summed E-state index contributed by atoms with van der Waals surface area (Å²) in [5.41, 5.74) is 7.71. The molecule has 0 aromatic heterocycles. The number of carbonyl (C=O) groups is 2. The van der Waals surface area contributed by atoms with Crippen LogP contribution < -0.4 is 10.6 Å². The first kappa shape index (κ1) is 19.1. The van der Waals surface area contributed by atoms with Crippen LogP contribution in [0.1, 0.15) is 24.0 Å². The molecule has 0 aliphatic carbocycles. The lowest BCUT2D eigenvalue weighted by molar-refractivity contribution is -0.899. The summed E-state index contributed by atoms with van der Waals surface area (Å²) in [7, 11) is 0. The second-order valence-corrected chi connectivity index (χ2v) is 7.34. The van der Waals surface area contributed by atoms with E-state index in [4.69, 9.17) is 5.73 Å². The average molecular weight is 366 g/mol. The summed E-state index contributed by atoms with van der Waals surface area (Å²) < 4.78 is 0. The van der Waals surface area contributed by atoms with Crippen molar-refractivity contribution in [2.24, 2.45) is 11.7 Å². The highest BCUT2D eigenvalue weighted by molar-refractivity contribution is 5.78. The number of primary amides is 1. The maximum absolute atomic E-state index is 13.1. The Morgan fingerprint density at radius 1 is 0.963 bits per heavy atom. The third-order valence-electron chi connectivity index (χ3n) is 5.21. The van der Waals surface area contributed by atoms with Crippen molar-refractivity contribution in [2.75, 3.05) is 19.6 Å². The van der Waals surface area contributed by atoms with Gasteiger partial charge in [0.1, 0.15) is 0 Å². The maximum Gasteiger partial charge on any atom is 0.278 e. The van der Waals surface area contributed by atoms with E-state index in [0.29, 0.717) is 26.2 Å². The Morgan fingerprint density at radius 2 is 1.52 bits per heavy atom. The molecule has 3 rings (SSSR count). The molecule has 2 aromatic rings. The molecule has 1 fully saturated rings. The van der Waals surface area contributed by atoms with Crippen molar-refractivity contribution < 1.29 is 14.5 Å². The zero-order valence-corrected chi connectivity index (χ0v) is 15.6. The van der Waals surface area contributed by atoms with Gasteiger partial charge in [-0.15, -0.1) is 0 Å². The second-order valence-electron chi connectivity index (χ2n) is 7.34. The van der Waals surface area contributed by atoms with Crippen LogP contribution in [0.4, 0.5) is 0 Å². The van der Waals surface area contributed by atoms with E-state index in [9.17, 15) is 9.59 Å². The highest BCUT2D eigenvalue weighted by atomic mass is 16.2. The van der Waals surface area contributed by atoms with Gasteiger partial charge < -0.3 is 15.5 Å². The molecule has 0 saturated carbocycles. The van der Waals surface area contributed by atoms with Crippen molar-refractivity contribution >= 4 is 11.8 Å². The summed E-state index contributed by atoms with van der Waals surface area (Å²) in [5, 5.41) is 0. The van der Waals surface area contributed by atoms with Crippen LogP contribution in [0.15, 0.2) is 60.7 Å². The van der Waals surface area contributed by atoms with E-state index >= 15 is 0 Å². The second kappa shape index (κ2) is 9.33. The summed E-state index contributed by atoms with van der Waals surface area (Å²) in [6.45, 7) is 3.15. The number of benzene rings is 2. The Balaban J connectivity index is 1.69. The molecule has 142 valence electrons. The molecule has 1 saturated heterocycles.